The number of anilines is 2. The van der Waals surface area contributed by atoms with Crippen molar-refractivity contribution in [3.8, 4) is 0 Å². The maximum absolute atomic E-state index is 12.8. The van der Waals surface area contributed by atoms with E-state index in [0.29, 0.717) is 12.5 Å². The minimum absolute atomic E-state index is 0.0606. The number of carbonyl (C=O) groups excluding carboxylic acids is 2. The van der Waals surface area contributed by atoms with Crippen LogP contribution in [0, 0.1) is 5.92 Å². The van der Waals surface area contributed by atoms with E-state index in [9.17, 15) is 9.59 Å². The molecule has 0 saturated carbocycles. The highest BCUT2D eigenvalue weighted by Crippen LogP contribution is 2.32. The minimum Gasteiger partial charge on any atom is -0.373 e. The van der Waals surface area contributed by atoms with Gasteiger partial charge in [0, 0.05) is 27.1 Å². The molecule has 0 N–H and O–H groups in total. The van der Waals surface area contributed by atoms with Crippen molar-refractivity contribution in [2.24, 2.45) is 5.92 Å². The van der Waals surface area contributed by atoms with Crippen molar-refractivity contribution in [1.82, 2.24) is 15.0 Å². The number of nitrogens with zero attached hydrogens (tertiary/aromatic N) is 5. The standard InChI is InChI=1S/C17H21N5O2/c1-12-8-20(3)15-6-4-5-7-16(15)22(9-12)17(24)11-21-10-14(13(2)23)18-19-21/h4-7,10,12H,8-9,11H2,1-3H3. The molecule has 0 saturated heterocycles. The maximum atomic E-state index is 12.8. The monoisotopic (exact) mass is 327 g/mol. The molecule has 0 fully saturated rings. The van der Waals surface area contributed by atoms with E-state index in [0.717, 1.165) is 17.9 Å². The number of hydrogen-bond donors (Lipinski definition) is 0. The van der Waals surface area contributed by atoms with Crippen LogP contribution in [0.1, 0.15) is 24.3 Å². The number of ketones is 1. The largest absolute Gasteiger partial charge is 0.373 e. The van der Waals surface area contributed by atoms with Crippen LogP contribution in [0.3, 0.4) is 0 Å². The highest BCUT2D eigenvalue weighted by atomic mass is 16.2. The van der Waals surface area contributed by atoms with Gasteiger partial charge in [0.15, 0.2) is 5.78 Å². The lowest BCUT2D eigenvalue weighted by atomic mass is 10.1. The molecule has 0 spiro atoms. The van der Waals surface area contributed by atoms with Crippen molar-refractivity contribution in [1.29, 1.82) is 0 Å². The Labute approximate surface area is 140 Å². The van der Waals surface area contributed by atoms with E-state index in [4.69, 9.17) is 0 Å². The van der Waals surface area contributed by atoms with Crippen molar-refractivity contribution in [2.45, 2.75) is 20.4 Å². The first-order valence-electron chi connectivity index (χ1n) is 7.97. The summed E-state index contributed by atoms with van der Waals surface area (Å²) in [7, 11) is 2.04. The Morgan fingerprint density at radius 2 is 1.92 bits per heavy atom. The highest BCUT2D eigenvalue weighted by Gasteiger charge is 2.26. The summed E-state index contributed by atoms with van der Waals surface area (Å²) in [4.78, 5) is 28.1. The van der Waals surface area contributed by atoms with Crippen LogP contribution in [-0.2, 0) is 11.3 Å². The van der Waals surface area contributed by atoms with Crippen LogP contribution >= 0.6 is 0 Å². The van der Waals surface area contributed by atoms with Gasteiger partial charge in [0.25, 0.3) is 0 Å². The maximum Gasteiger partial charge on any atom is 0.248 e. The Bertz CT molecular complexity index is 770. The first-order chi connectivity index (χ1) is 11.5. The van der Waals surface area contributed by atoms with E-state index in [1.54, 1.807) is 4.90 Å². The number of carbonyl (C=O) groups is 2. The van der Waals surface area contributed by atoms with E-state index in [1.807, 2.05) is 31.3 Å². The zero-order chi connectivity index (χ0) is 17.3. The number of para-hydroxylation sites is 2. The van der Waals surface area contributed by atoms with E-state index in [2.05, 4.69) is 22.1 Å². The molecule has 24 heavy (non-hydrogen) atoms. The van der Waals surface area contributed by atoms with E-state index < -0.39 is 0 Å². The van der Waals surface area contributed by atoms with Gasteiger partial charge < -0.3 is 9.80 Å². The zero-order valence-corrected chi connectivity index (χ0v) is 14.1. The third-order valence-corrected chi connectivity index (χ3v) is 4.16. The molecule has 3 rings (SSSR count). The summed E-state index contributed by atoms with van der Waals surface area (Å²) >= 11 is 0. The zero-order valence-electron chi connectivity index (χ0n) is 14.1. The quantitative estimate of drug-likeness (QED) is 0.801. The van der Waals surface area contributed by atoms with Crippen molar-refractivity contribution in [2.75, 3.05) is 29.9 Å². The molecule has 1 unspecified atom stereocenters. The number of fused-ring (bicyclic) bond motifs is 1. The molecule has 1 amide bonds. The lowest BCUT2D eigenvalue weighted by molar-refractivity contribution is -0.119. The first-order valence-corrected chi connectivity index (χ1v) is 7.97. The van der Waals surface area contributed by atoms with Gasteiger partial charge in [-0.1, -0.05) is 24.3 Å². The van der Waals surface area contributed by atoms with Crippen LogP contribution < -0.4 is 9.80 Å². The lowest BCUT2D eigenvalue weighted by Crippen LogP contribution is -2.37. The molecule has 2 heterocycles. The van der Waals surface area contributed by atoms with Gasteiger partial charge in [0.2, 0.25) is 5.91 Å². The number of amides is 1. The second-order valence-electron chi connectivity index (χ2n) is 6.34. The van der Waals surface area contributed by atoms with Crippen LogP contribution in [0.2, 0.25) is 0 Å². The van der Waals surface area contributed by atoms with Gasteiger partial charge in [0.05, 0.1) is 17.6 Å². The van der Waals surface area contributed by atoms with Crippen LogP contribution in [0.4, 0.5) is 11.4 Å². The van der Waals surface area contributed by atoms with Gasteiger partial charge in [-0.3, -0.25) is 9.59 Å². The Kier molecular flexibility index (Phi) is 4.33. The molecule has 0 aliphatic carbocycles. The average Bonchev–Trinajstić information content (AvgIpc) is 2.96. The number of benzene rings is 1. The predicted octanol–water partition coefficient (Wildman–Crippen LogP) is 1.60. The summed E-state index contributed by atoms with van der Waals surface area (Å²) in [5, 5.41) is 7.66. The Morgan fingerprint density at radius 1 is 1.21 bits per heavy atom. The van der Waals surface area contributed by atoms with E-state index in [-0.39, 0.29) is 23.9 Å². The first kappa shape index (κ1) is 16.2. The van der Waals surface area contributed by atoms with Crippen LogP contribution in [0.5, 0.6) is 0 Å². The third kappa shape index (κ3) is 3.15. The fourth-order valence-corrected chi connectivity index (χ4v) is 3.05. The van der Waals surface area contributed by atoms with Crippen molar-refractivity contribution < 1.29 is 9.59 Å². The normalized spacial score (nSPS) is 17.4. The third-order valence-electron chi connectivity index (χ3n) is 4.16. The molecule has 7 heteroatoms. The summed E-state index contributed by atoms with van der Waals surface area (Å²) in [6, 6.07) is 7.90. The molecule has 1 aliphatic rings. The fourth-order valence-electron chi connectivity index (χ4n) is 3.05. The van der Waals surface area contributed by atoms with Gasteiger partial charge in [-0.05, 0) is 18.1 Å². The van der Waals surface area contributed by atoms with Crippen molar-refractivity contribution in [3.63, 3.8) is 0 Å². The van der Waals surface area contributed by atoms with Crippen LogP contribution in [0.15, 0.2) is 30.5 Å². The molecule has 126 valence electrons. The summed E-state index contributed by atoms with van der Waals surface area (Å²) in [5.41, 5.74) is 2.21. The highest BCUT2D eigenvalue weighted by molar-refractivity contribution is 5.97. The van der Waals surface area contributed by atoms with Crippen molar-refractivity contribution >= 4 is 23.1 Å². The van der Waals surface area contributed by atoms with E-state index in [1.165, 1.54) is 17.8 Å². The molecule has 1 aliphatic heterocycles. The predicted molar refractivity (Wildman–Crippen MR) is 91.3 cm³/mol. The Hall–Kier alpha value is -2.70. The number of hydrogen-bond acceptors (Lipinski definition) is 5. The molecule has 1 aromatic carbocycles. The van der Waals surface area contributed by atoms with Gasteiger partial charge in [-0.15, -0.1) is 5.10 Å². The van der Waals surface area contributed by atoms with Gasteiger partial charge in [-0.25, -0.2) is 4.68 Å². The summed E-state index contributed by atoms with van der Waals surface area (Å²) in [5.74, 6) is 0.114. The van der Waals surface area contributed by atoms with E-state index >= 15 is 0 Å². The van der Waals surface area contributed by atoms with Gasteiger partial charge in [-0.2, -0.15) is 0 Å². The Balaban J connectivity index is 1.87. The number of Topliss-reactive ketones (excluding diaryl/α,β-unsaturated/α-hetero) is 1. The number of rotatable bonds is 3. The molecular weight excluding hydrogens is 306 g/mol. The SMILES string of the molecule is CC(=O)c1cn(CC(=O)N2CC(C)CN(C)c3ccccc32)nn1. The molecule has 1 aromatic heterocycles. The summed E-state index contributed by atoms with van der Waals surface area (Å²) in [6.45, 7) is 5.16. The van der Waals surface area contributed by atoms with Crippen LogP contribution in [0.25, 0.3) is 0 Å². The summed E-state index contributed by atoms with van der Waals surface area (Å²) < 4.78 is 1.42. The molecule has 0 radical (unpaired) electrons. The second-order valence-corrected chi connectivity index (χ2v) is 6.34. The van der Waals surface area contributed by atoms with Crippen molar-refractivity contribution in [3.05, 3.63) is 36.2 Å². The van der Waals surface area contributed by atoms with Gasteiger partial charge in [0.1, 0.15) is 12.2 Å². The minimum atomic E-state index is -0.163. The van der Waals surface area contributed by atoms with Gasteiger partial charge >= 0.3 is 0 Å². The van der Waals surface area contributed by atoms with Crippen LogP contribution in [-0.4, -0.2) is 46.8 Å². The molecule has 7 nitrogen and oxygen atoms in total. The number of aromatic nitrogens is 3. The lowest BCUT2D eigenvalue weighted by Gasteiger charge is -2.24. The molecular formula is C17H21N5O2. The molecule has 1 atom stereocenters. The second kappa shape index (κ2) is 6.43. The Morgan fingerprint density at radius 3 is 2.58 bits per heavy atom. The average molecular weight is 327 g/mol. The summed E-state index contributed by atoms with van der Waals surface area (Å²) in [6.07, 6.45) is 1.51. The topological polar surface area (TPSA) is 71.3 Å². The smallest absolute Gasteiger partial charge is 0.248 e. The molecule has 0 bridgehead atoms. The fraction of sp³-hybridized carbons (Fsp3) is 0.412. The molecule has 2 aromatic rings.